The third-order valence-corrected chi connectivity index (χ3v) is 5.52. The number of carbonyl (C=O) groups is 1. The van der Waals surface area contributed by atoms with Gasteiger partial charge in [0.15, 0.2) is 5.65 Å². The Hall–Kier alpha value is -2.93. The van der Waals surface area contributed by atoms with E-state index in [1.165, 1.54) is 12.5 Å². The summed E-state index contributed by atoms with van der Waals surface area (Å²) in [6.45, 7) is 14.5. The molecule has 31 heavy (non-hydrogen) atoms. The number of nitrogens with zero attached hydrogens (tertiary/aromatic N) is 5. The lowest BCUT2D eigenvalue weighted by Gasteiger charge is -2.38. The van der Waals surface area contributed by atoms with E-state index in [1.54, 1.807) is 0 Å². The van der Waals surface area contributed by atoms with Gasteiger partial charge in [-0.05, 0) is 44.9 Å². The number of nitrogens with one attached hydrogen (secondary N) is 1. The first-order valence-electron chi connectivity index (χ1n) is 11.0. The monoisotopic (exact) mass is 422 g/mol. The van der Waals surface area contributed by atoms with E-state index < -0.39 is 0 Å². The molecule has 4 rings (SSSR count). The normalized spacial score (nSPS) is 14.5. The van der Waals surface area contributed by atoms with E-state index in [-0.39, 0.29) is 5.91 Å². The third-order valence-electron chi connectivity index (χ3n) is 5.52. The maximum absolute atomic E-state index is 10.7. The summed E-state index contributed by atoms with van der Waals surface area (Å²) in [5.41, 5.74) is 4.12. The van der Waals surface area contributed by atoms with Crippen molar-refractivity contribution in [3.05, 3.63) is 53.9 Å². The van der Waals surface area contributed by atoms with Gasteiger partial charge < -0.3 is 10.2 Å². The molecule has 1 amide bonds. The number of carbonyl (C=O) groups excluding carboxylic acids is 1. The summed E-state index contributed by atoms with van der Waals surface area (Å²) < 4.78 is 1.94. The molecule has 0 saturated carbocycles. The number of aryl methyl sites for hydroxylation is 2. The lowest BCUT2D eigenvalue weighted by atomic mass is 10.1. The van der Waals surface area contributed by atoms with Crippen LogP contribution in [0, 0.1) is 6.92 Å². The SMILES string of the molecule is CCc1ccc(NC(C)=O)cc1.Cc1cc(N2CCN(C(C)C)CC2)n2nccc2n1. The van der Waals surface area contributed by atoms with Crippen LogP contribution in [0.4, 0.5) is 11.5 Å². The summed E-state index contributed by atoms with van der Waals surface area (Å²) in [6.07, 6.45) is 2.84. The lowest BCUT2D eigenvalue weighted by molar-refractivity contribution is -0.114. The van der Waals surface area contributed by atoms with Gasteiger partial charge in [0, 0.05) is 62.7 Å². The number of aromatic nitrogens is 3. The van der Waals surface area contributed by atoms with Gasteiger partial charge in [0.05, 0.1) is 6.20 Å². The number of fused-ring (bicyclic) bond motifs is 1. The molecule has 1 aliphatic rings. The Morgan fingerprint density at radius 2 is 1.77 bits per heavy atom. The molecule has 1 fully saturated rings. The first-order valence-corrected chi connectivity index (χ1v) is 11.0. The van der Waals surface area contributed by atoms with Crippen LogP contribution in [0.5, 0.6) is 0 Å². The van der Waals surface area contributed by atoms with E-state index in [0.29, 0.717) is 6.04 Å². The summed E-state index contributed by atoms with van der Waals surface area (Å²) in [5.74, 6) is 1.13. The predicted octanol–water partition coefficient (Wildman–Crippen LogP) is 3.78. The summed E-state index contributed by atoms with van der Waals surface area (Å²) in [4.78, 5) is 20.1. The van der Waals surface area contributed by atoms with Gasteiger partial charge in [0.1, 0.15) is 5.82 Å². The van der Waals surface area contributed by atoms with Gasteiger partial charge in [-0.3, -0.25) is 9.69 Å². The number of amides is 1. The van der Waals surface area contributed by atoms with Crippen molar-refractivity contribution in [1.29, 1.82) is 0 Å². The zero-order valence-corrected chi connectivity index (χ0v) is 19.3. The van der Waals surface area contributed by atoms with Crippen LogP contribution < -0.4 is 10.2 Å². The average Bonchev–Trinajstić information content (AvgIpc) is 3.22. The highest BCUT2D eigenvalue weighted by atomic mass is 16.1. The maximum atomic E-state index is 10.7. The summed E-state index contributed by atoms with van der Waals surface area (Å²) in [7, 11) is 0. The van der Waals surface area contributed by atoms with Crippen molar-refractivity contribution in [1.82, 2.24) is 19.5 Å². The number of hydrogen-bond acceptors (Lipinski definition) is 5. The van der Waals surface area contributed by atoms with E-state index in [2.05, 4.69) is 52.0 Å². The van der Waals surface area contributed by atoms with Gasteiger partial charge in [0.2, 0.25) is 5.91 Å². The Kier molecular flexibility index (Phi) is 7.63. The average molecular weight is 423 g/mol. The second kappa shape index (κ2) is 10.4. The molecular formula is C24H34N6O. The molecule has 0 bridgehead atoms. The molecule has 2 aromatic heterocycles. The smallest absolute Gasteiger partial charge is 0.221 e. The van der Waals surface area contributed by atoms with Crippen LogP contribution in [0.1, 0.15) is 39.0 Å². The third kappa shape index (κ3) is 6.04. The highest BCUT2D eigenvalue weighted by molar-refractivity contribution is 5.88. The van der Waals surface area contributed by atoms with E-state index in [4.69, 9.17) is 0 Å². The van der Waals surface area contributed by atoms with Crippen molar-refractivity contribution in [2.45, 2.75) is 47.1 Å². The fourth-order valence-corrected chi connectivity index (χ4v) is 3.74. The van der Waals surface area contributed by atoms with Gasteiger partial charge in [0.25, 0.3) is 0 Å². The summed E-state index contributed by atoms with van der Waals surface area (Å²) in [5, 5.41) is 7.11. The lowest BCUT2D eigenvalue weighted by Crippen LogP contribution is -2.49. The van der Waals surface area contributed by atoms with E-state index in [1.807, 2.05) is 48.0 Å². The van der Waals surface area contributed by atoms with Gasteiger partial charge in [-0.1, -0.05) is 19.1 Å². The van der Waals surface area contributed by atoms with Crippen LogP contribution in [0.2, 0.25) is 0 Å². The van der Waals surface area contributed by atoms with Crippen LogP contribution in [-0.2, 0) is 11.2 Å². The van der Waals surface area contributed by atoms with Crippen molar-refractivity contribution in [3.8, 4) is 0 Å². The number of anilines is 2. The number of benzene rings is 1. The fourth-order valence-electron chi connectivity index (χ4n) is 3.74. The Morgan fingerprint density at radius 1 is 1.10 bits per heavy atom. The molecule has 1 saturated heterocycles. The zero-order chi connectivity index (χ0) is 22.4. The molecule has 7 nitrogen and oxygen atoms in total. The molecule has 1 aliphatic heterocycles. The molecule has 0 radical (unpaired) electrons. The number of piperazine rings is 1. The van der Waals surface area contributed by atoms with Crippen molar-refractivity contribution in [2.75, 3.05) is 36.4 Å². The molecule has 3 aromatic rings. The van der Waals surface area contributed by atoms with Crippen molar-refractivity contribution in [2.24, 2.45) is 0 Å². The van der Waals surface area contributed by atoms with Crippen molar-refractivity contribution < 1.29 is 4.79 Å². The van der Waals surface area contributed by atoms with Crippen LogP contribution in [0.25, 0.3) is 5.65 Å². The molecule has 166 valence electrons. The molecule has 0 atom stereocenters. The minimum Gasteiger partial charge on any atom is -0.354 e. The number of rotatable bonds is 4. The van der Waals surface area contributed by atoms with Gasteiger partial charge in [-0.25, -0.2) is 4.98 Å². The van der Waals surface area contributed by atoms with Crippen molar-refractivity contribution >= 4 is 23.1 Å². The molecule has 0 spiro atoms. The van der Waals surface area contributed by atoms with Crippen LogP contribution in [0.15, 0.2) is 42.6 Å². The largest absolute Gasteiger partial charge is 0.354 e. The fraction of sp³-hybridized carbons (Fsp3) is 0.458. The molecular weight excluding hydrogens is 388 g/mol. The predicted molar refractivity (Wildman–Crippen MR) is 127 cm³/mol. The van der Waals surface area contributed by atoms with Gasteiger partial charge in [-0.15, -0.1) is 0 Å². The van der Waals surface area contributed by atoms with Crippen LogP contribution in [0.3, 0.4) is 0 Å². The van der Waals surface area contributed by atoms with Gasteiger partial charge in [-0.2, -0.15) is 9.61 Å². The molecule has 7 heteroatoms. The minimum absolute atomic E-state index is 0.0285. The molecule has 0 unspecified atom stereocenters. The zero-order valence-electron chi connectivity index (χ0n) is 19.3. The molecule has 0 aliphatic carbocycles. The van der Waals surface area contributed by atoms with Gasteiger partial charge >= 0.3 is 0 Å². The summed E-state index contributed by atoms with van der Waals surface area (Å²) in [6, 6.07) is 12.6. The Labute approximate surface area is 185 Å². The highest BCUT2D eigenvalue weighted by Gasteiger charge is 2.21. The van der Waals surface area contributed by atoms with Crippen molar-refractivity contribution in [3.63, 3.8) is 0 Å². The Morgan fingerprint density at radius 3 is 2.35 bits per heavy atom. The number of hydrogen-bond donors (Lipinski definition) is 1. The van der Waals surface area contributed by atoms with E-state index >= 15 is 0 Å². The summed E-state index contributed by atoms with van der Waals surface area (Å²) >= 11 is 0. The first-order chi connectivity index (χ1) is 14.9. The maximum Gasteiger partial charge on any atom is 0.221 e. The molecule has 1 aromatic carbocycles. The Bertz CT molecular complexity index is 987. The first kappa shape index (κ1) is 22.7. The second-order valence-electron chi connectivity index (χ2n) is 8.21. The quantitative estimate of drug-likeness (QED) is 0.693. The Balaban J connectivity index is 0.000000196. The topological polar surface area (TPSA) is 65.8 Å². The van der Waals surface area contributed by atoms with E-state index in [9.17, 15) is 4.79 Å². The van der Waals surface area contributed by atoms with Crippen LogP contribution >= 0.6 is 0 Å². The van der Waals surface area contributed by atoms with Crippen LogP contribution in [-0.4, -0.2) is 57.6 Å². The minimum atomic E-state index is -0.0285. The van der Waals surface area contributed by atoms with E-state index in [0.717, 1.165) is 55.4 Å². The second-order valence-corrected chi connectivity index (χ2v) is 8.21. The molecule has 1 N–H and O–H groups in total. The highest BCUT2D eigenvalue weighted by Crippen LogP contribution is 2.19. The standard InChI is InChI=1S/C14H21N5.C10H13NO/c1-11(2)17-6-8-18(9-7-17)14-10-12(3)16-13-4-5-15-19(13)14;1-3-9-4-6-10(7-5-9)11-8(2)12/h4-5,10-11H,6-9H2,1-3H3;4-7H,3H2,1-2H3,(H,11,12). The molecule has 3 heterocycles.